The molecule has 0 radical (unpaired) electrons. The lowest BCUT2D eigenvalue weighted by atomic mass is 9.85. The van der Waals surface area contributed by atoms with Crippen molar-refractivity contribution in [2.45, 2.75) is 64.2 Å². The lowest BCUT2D eigenvalue weighted by Gasteiger charge is -2.23. The molecule has 0 spiro atoms. The smallest absolute Gasteiger partial charge is 0.449 e. The second kappa shape index (κ2) is 11.9. The first-order chi connectivity index (χ1) is 18.8. The lowest BCUT2D eigenvalue weighted by Crippen LogP contribution is -2.18. The molecular weight excluding hydrogens is 555 g/mol. The van der Waals surface area contributed by atoms with Gasteiger partial charge in [-0.05, 0) is 98.1 Å². The van der Waals surface area contributed by atoms with Crippen LogP contribution in [0.15, 0.2) is 76.0 Å². The van der Waals surface area contributed by atoms with Crippen LogP contribution in [0.25, 0.3) is 11.1 Å². The van der Waals surface area contributed by atoms with Gasteiger partial charge in [-0.25, -0.2) is 4.31 Å². The number of halogens is 4. The summed E-state index contributed by atoms with van der Waals surface area (Å²) in [6, 6.07) is 20.1. The number of alkyl halides is 3. The van der Waals surface area contributed by atoms with Gasteiger partial charge in [0, 0.05) is 21.9 Å². The van der Waals surface area contributed by atoms with Gasteiger partial charge in [0.25, 0.3) is 0 Å². The summed E-state index contributed by atoms with van der Waals surface area (Å²) in [5.41, 5.74) is 6.28. The van der Waals surface area contributed by atoms with Crippen molar-refractivity contribution in [2.75, 3.05) is 0 Å². The van der Waals surface area contributed by atoms with Gasteiger partial charge in [0.15, 0.2) is 0 Å². The first kappa shape index (κ1) is 30.0. The number of benzene rings is 3. The molecule has 0 bridgehead atoms. The summed E-state index contributed by atoms with van der Waals surface area (Å²) >= 11 is 8.24. The molecule has 8 heteroatoms. The van der Waals surface area contributed by atoms with E-state index in [9.17, 15) is 18.0 Å². The van der Waals surface area contributed by atoms with Gasteiger partial charge in [-0.3, -0.25) is 0 Å². The Kier molecular flexibility index (Phi) is 8.88. The van der Waals surface area contributed by atoms with Gasteiger partial charge in [0.2, 0.25) is 5.76 Å². The number of rotatable bonds is 9. The van der Waals surface area contributed by atoms with E-state index in [1.807, 2.05) is 81.4 Å². The summed E-state index contributed by atoms with van der Waals surface area (Å²) in [5, 5.41) is 0.538. The van der Waals surface area contributed by atoms with E-state index >= 15 is 0 Å². The Morgan fingerprint density at radius 1 is 0.900 bits per heavy atom. The van der Waals surface area contributed by atoms with Crippen LogP contribution in [0.4, 0.5) is 13.2 Å². The number of nitrogens with zero attached hydrogens (tertiary/aromatic N) is 1. The number of hydrogen-bond donors (Lipinski definition) is 0. The number of aldehydes is 1. The fraction of sp³-hybridized carbons (Fsp3) is 0.281. The Labute approximate surface area is 242 Å². The van der Waals surface area contributed by atoms with Crippen molar-refractivity contribution in [3.63, 3.8) is 0 Å². The first-order valence-corrected chi connectivity index (χ1v) is 13.9. The first-order valence-electron chi connectivity index (χ1n) is 12.8. The van der Waals surface area contributed by atoms with Gasteiger partial charge in [-0.2, -0.15) is 13.2 Å². The lowest BCUT2D eigenvalue weighted by molar-refractivity contribution is -0.153. The Balaban J connectivity index is 1.64. The molecule has 0 fully saturated rings. The van der Waals surface area contributed by atoms with Crippen molar-refractivity contribution in [3.8, 4) is 11.1 Å². The van der Waals surface area contributed by atoms with E-state index in [0.29, 0.717) is 11.6 Å². The summed E-state index contributed by atoms with van der Waals surface area (Å²) in [4.78, 5) is 12.6. The van der Waals surface area contributed by atoms with Crippen LogP contribution in [0, 0.1) is 20.8 Å². The average Bonchev–Trinajstić information content (AvgIpc) is 3.36. The third-order valence-electron chi connectivity index (χ3n) is 6.73. The molecule has 0 amide bonds. The average molecular weight is 586 g/mol. The maximum atomic E-state index is 13.2. The minimum absolute atomic E-state index is 0.147. The highest BCUT2D eigenvalue weighted by atomic mass is 35.5. The molecule has 0 aliphatic carbocycles. The van der Waals surface area contributed by atoms with Crippen LogP contribution in [0.2, 0.25) is 5.02 Å². The van der Waals surface area contributed by atoms with Gasteiger partial charge in [0.1, 0.15) is 12.0 Å². The topological polar surface area (TPSA) is 33.5 Å². The molecule has 4 aromatic rings. The van der Waals surface area contributed by atoms with Crippen LogP contribution in [-0.2, 0) is 29.5 Å². The summed E-state index contributed by atoms with van der Waals surface area (Å²) in [6.07, 6.45) is -3.61. The van der Waals surface area contributed by atoms with Crippen molar-refractivity contribution in [1.29, 1.82) is 0 Å². The van der Waals surface area contributed by atoms with E-state index in [-0.39, 0.29) is 12.3 Å². The number of hydrogen-bond acceptors (Lipinski definition) is 4. The van der Waals surface area contributed by atoms with Crippen molar-refractivity contribution in [3.05, 3.63) is 111 Å². The predicted molar refractivity (Wildman–Crippen MR) is 155 cm³/mol. The van der Waals surface area contributed by atoms with E-state index in [0.717, 1.165) is 56.2 Å². The molecule has 1 aromatic heterocycles. The van der Waals surface area contributed by atoms with E-state index in [1.165, 1.54) is 18.0 Å². The van der Waals surface area contributed by atoms with E-state index in [1.54, 1.807) is 0 Å². The molecule has 0 atom stereocenters. The van der Waals surface area contributed by atoms with Crippen molar-refractivity contribution >= 4 is 29.8 Å². The summed E-state index contributed by atoms with van der Waals surface area (Å²) in [5.74, 6) is -0.804. The van der Waals surface area contributed by atoms with Crippen molar-refractivity contribution in [1.82, 2.24) is 4.31 Å². The van der Waals surface area contributed by atoms with Crippen molar-refractivity contribution in [2.24, 2.45) is 0 Å². The molecule has 1 heterocycles. The van der Waals surface area contributed by atoms with Gasteiger partial charge in [-0.15, -0.1) is 0 Å². The molecule has 0 aliphatic heterocycles. The molecule has 0 unspecified atom stereocenters. The number of carbonyl (C=O) groups is 1. The molecular formula is C32H31ClF3NO2S. The Hall–Kier alpha value is -3.00. The second-order valence-electron chi connectivity index (χ2n) is 10.6. The third kappa shape index (κ3) is 7.00. The fourth-order valence-electron chi connectivity index (χ4n) is 4.56. The molecule has 3 nitrogen and oxygen atoms in total. The normalized spacial score (nSPS) is 12.2. The quantitative estimate of drug-likeness (QED) is 0.145. The number of aryl methyl sites for hydroxylation is 3. The van der Waals surface area contributed by atoms with E-state index in [4.69, 9.17) is 16.0 Å². The fourth-order valence-corrected chi connectivity index (χ4v) is 5.86. The highest BCUT2D eigenvalue weighted by Crippen LogP contribution is 2.37. The molecule has 0 saturated carbocycles. The van der Waals surface area contributed by atoms with Crippen LogP contribution in [0.1, 0.15) is 53.2 Å². The standard InChI is InChI=1S/C32H31ClF3NO2S/c1-20-13-21(2)30(22(3)14-20)40-37(18-27-11-12-29(39-27)32(34,35)36)17-25-10-9-24(16-28(25)33)23-7-6-8-26(15-23)31(4,5)19-38/h6-16,19H,17-18H2,1-5H3. The van der Waals surface area contributed by atoms with Gasteiger partial charge in [0.05, 0.1) is 6.54 Å². The maximum Gasteiger partial charge on any atom is 0.449 e. The monoisotopic (exact) mass is 585 g/mol. The molecule has 3 aromatic carbocycles. The summed E-state index contributed by atoms with van der Waals surface area (Å²) < 4.78 is 46.6. The number of furan rings is 1. The van der Waals surface area contributed by atoms with Crippen LogP contribution in [-0.4, -0.2) is 10.6 Å². The molecule has 0 aliphatic rings. The minimum atomic E-state index is -4.54. The zero-order chi connectivity index (χ0) is 29.2. The van der Waals surface area contributed by atoms with E-state index < -0.39 is 17.4 Å². The van der Waals surface area contributed by atoms with Crippen LogP contribution >= 0.6 is 23.5 Å². The summed E-state index contributed by atoms with van der Waals surface area (Å²) in [6.45, 7) is 10.3. The molecule has 4 rings (SSSR count). The van der Waals surface area contributed by atoms with Gasteiger partial charge >= 0.3 is 6.18 Å². The SMILES string of the molecule is Cc1cc(C)c(SN(Cc2ccc(C(F)(F)F)o2)Cc2ccc(-c3cccc(C(C)(C)C=O)c3)cc2Cl)c(C)c1. The van der Waals surface area contributed by atoms with Gasteiger partial charge < -0.3 is 9.21 Å². The van der Waals surface area contributed by atoms with Crippen LogP contribution < -0.4 is 0 Å². The molecule has 0 N–H and O–H groups in total. The van der Waals surface area contributed by atoms with Crippen LogP contribution in [0.5, 0.6) is 0 Å². The zero-order valence-electron chi connectivity index (χ0n) is 23.0. The maximum absolute atomic E-state index is 13.2. The Morgan fingerprint density at radius 2 is 1.57 bits per heavy atom. The predicted octanol–water partition coefficient (Wildman–Crippen LogP) is 9.73. The zero-order valence-corrected chi connectivity index (χ0v) is 24.6. The highest BCUT2D eigenvalue weighted by molar-refractivity contribution is 7.97. The summed E-state index contributed by atoms with van der Waals surface area (Å²) in [7, 11) is 0. The highest BCUT2D eigenvalue weighted by Gasteiger charge is 2.35. The van der Waals surface area contributed by atoms with Gasteiger partial charge in [-0.1, -0.05) is 65.7 Å². The van der Waals surface area contributed by atoms with Crippen molar-refractivity contribution < 1.29 is 22.4 Å². The Morgan fingerprint density at radius 3 is 2.17 bits per heavy atom. The third-order valence-corrected chi connectivity index (χ3v) is 8.43. The van der Waals surface area contributed by atoms with Crippen LogP contribution in [0.3, 0.4) is 0 Å². The molecule has 40 heavy (non-hydrogen) atoms. The second-order valence-corrected chi connectivity index (χ2v) is 12.1. The van der Waals surface area contributed by atoms with E-state index in [2.05, 4.69) is 12.1 Å². The largest absolute Gasteiger partial charge is 0.455 e. The molecule has 210 valence electrons. The molecule has 0 saturated heterocycles. The number of carbonyl (C=O) groups excluding carboxylic acids is 1. The minimum Gasteiger partial charge on any atom is -0.455 e. The Bertz CT molecular complexity index is 1500.